The van der Waals surface area contributed by atoms with E-state index in [4.69, 9.17) is 4.42 Å². The molecule has 1 atom stereocenters. The molecule has 2 aromatic heterocycles. The van der Waals surface area contributed by atoms with Crippen LogP contribution in [-0.4, -0.2) is 49.7 Å². The molecule has 33 heavy (non-hydrogen) atoms. The van der Waals surface area contributed by atoms with Crippen molar-refractivity contribution in [2.45, 2.75) is 38.9 Å². The lowest BCUT2D eigenvalue weighted by atomic mass is 9.99. The Kier molecular flexibility index (Phi) is 5.80. The predicted molar refractivity (Wildman–Crippen MR) is 121 cm³/mol. The molecule has 0 spiro atoms. The van der Waals surface area contributed by atoms with Crippen LogP contribution in [-0.2, 0) is 11.3 Å². The van der Waals surface area contributed by atoms with Gasteiger partial charge in [0.25, 0.3) is 11.6 Å². The normalized spacial score (nSPS) is 15.7. The summed E-state index contributed by atoms with van der Waals surface area (Å²) in [4.78, 5) is 40.6. The number of carbonyl (C=O) groups is 2. The van der Waals surface area contributed by atoms with Crippen LogP contribution in [0, 0.1) is 10.1 Å². The number of non-ortho nitro benzene ring substituents is 1. The largest absolute Gasteiger partial charge is 0.459 e. The van der Waals surface area contributed by atoms with E-state index in [0.717, 1.165) is 11.3 Å². The molecule has 9 nitrogen and oxygen atoms in total. The number of benzene rings is 1. The third-order valence-electron chi connectivity index (χ3n) is 5.86. The van der Waals surface area contributed by atoms with Crippen molar-refractivity contribution >= 4 is 17.5 Å². The van der Waals surface area contributed by atoms with Gasteiger partial charge >= 0.3 is 0 Å². The van der Waals surface area contributed by atoms with Gasteiger partial charge in [0, 0.05) is 42.7 Å². The second kappa shape index (κ2) is 8.57. The lowest BCUT2D eigenvalue weighted by Gasteiger charge is -2.40. The number of nitro groups is 1. The van der Waals surface area contributed by atoms with Gasteiger partial charge in [-0.1, -0.05) is 0 Å². The van der Waals surface area contributed by atoms with Crippen LogP contribution in [0.4, 0.5) is 5.69 Å². The molecule has 0 saturated heterocycles. The van der Waals surface area contributed by atoms with E-state index in [9.17, 15) is 19.7 Å². The summed E-state index contributed by atoms with van der Waals surface area (Å²) in [6.07, 6.45) is 3.39. The minimum Gasteiger partial charge on any atom is -0.459 e. The Bertz CT molecular complexity index is 1160. The van der Waals surface area contributed by atoms with E-state index in [-0.39, 0.29) is 29.8 Å². The van der Waals surface area contributed by atoms with Crippen molar-refractivity contribution < 1.29 is 18.9 Å². The second-order valence-electron chi connectivity index (χ2n) is 9.00. The fourth-order valence-electron chi connectivity index (χ4n) is 4.15. The monoisotopic (exact) mass is 450 g/mol. The van der Waals surface area contributed by atoms with Gasteiger partial charge < -0.3 is 18.8 Å². The zero-order chi connectivity index (χ0) is 23.8. The SMILES string of the molecule is CC(C)(C)N(CC(=O)N1CCn2cccc2C1c1ccc([N+](=O)[O-])cc1)C(=O)c1ccco1. The van der Waals surface area contributed by atoms with Crippen LogP contribution in [0.5, 0.6) is 0 Å². The average molecular weight is 450 g/mol. The number of furan rings is 1. The first-order valence-electron chi connectivity index (χ1n) is 10.7. The van der Waals surface area contributed by atoms with E-state index in [2.05, 4.69) is 4.57 Å². The van der Waals surface area contributed by atoms with Crippen molar-refractivity contribution in [3.63, 3.8) is 0 Å². The number of nitrogens with zero attached hydrogens (tertiary/aromatic N) is 4. The summed E-state index contributed by atoms with van der Waals surface area (Å²) in [6.45, 7) is 6.57. The summed E-state index contributed by atoms with van der Waals surface area (Å²) < 4.78 is 7.36. The van der Waals surface area contributed by atoms with Gasteiger partial charge in [-0.15, -0.1) is 0 Å². The Hall–Kier alpha value is -3.88. The first-order chi connectivity index (χ1) is 15.7. The summed E-state index contributed by atoms with van der Waals surface area (Å²) in [5, 5.41) is 11.1. The van der Waals surface area contributed by atoms with E-state index in [1.54, 1.807) is 29.2 Å². The molecule has 1 aliphatic heterocycles. The van der Waals surface area contributed by atoms with Gasteiger partial charge in [0.05, 0.1) is 17.2 Å². The Morgan fingerprint density at radius 2 is 1.85 bits per heavy atom. The van der Waals surface area contributed by atoms with E-state index >= 15 is 0 Å². The van der Waals surface area contributed by atoms with Crippen LogP contribution in [0.3, 0.4) is 0 Å². The molecule has 0 radical (unpaired) electrons. The van der Waals surface area contributed by atoms with E-state index in [1.807, 2.05) is 39.1 Å². The van der Waals surface area contributed by atoms with Crippen molar-refractivity contribution in [1.82, 2.24) is 14.4 Å². The number of carbonyl (C=O) groups excluding carboxylic acids is 2. The Labute approximate surface area is 191 Å². The summed E-state index contributed by atoms with van der Waals surface area (Å²) in [5.41, 5.74) is 1.07. The van der Waals surface area contributed by atoms with Crippen molar-refractivity contribution in [2.24, 2.45) is 0 Å². The molecule has 2 amide bonds. The Balaban J connectivity index is 1.66. The van der Waals surface area contributed by atoms with Gasteiger partial charge in [0.15, 0.2) is 5.76 Å². The van der Waals surface area contributed by atoms with Gasteiger partial charge in [-0.05, 0) is 62.7 Å². The fourth-order valence-corrected chi connectivity index (χ4v) is 4.15. The highest BCUT2D eigenvalue weighted by molar-refractivity contribution is 5.95. The van der Waals surface area contributed by atoms with Crippen LogP contribution in [0.1, 0.15) is 48.6 Å². The molecule has 3 aromatic rings. The second-order valence-corrected chi connectivity index (χ2v) is 9.00. The molecule has 0 saturated carbocycles. The molecule has 1 aliphatic rings. The maximum Gasteiger partial charge on any atom is 0.290 e. The quantitative estimate of drug-likeness (QED) is 0.434. The molecule has 172 valence electrons. The maximum atomic E-state index is 13.6. The lowest BCUT2D eigenvalue weighted by molar-refractivity contribution is -0.384. The standard InChI is InChI=1S/C24H26N4O5/c1-24(2,3)27(23(30)20-7-5-15-33-20)16-21(29)26-14-13-25-12-4-6-19(25)22(26)17-8-10-18(11-9-17)28(31)32/h4-12,15,22H,13-14,16H2,1-3H3. The molecule has 0 aliphatic carbocycles. The van der Waals surface area contributed by atoms with Crippen LogP contribution in [0.2, 0.25) is 0 Å². The molecule has 4 rings (SSSR count). The third-order valence-corrected chi connectivity index (χ3v) is 5.86. The van der Waals surface area contributed by atoms with E-state index in [0.29, 0.717) is 13.1 Å². The number of hydrogen-bond acceptors (Lipinski definition) is 5. The summed E-state index contributed by atoms with van der Waals surface area (Å²) in [7, 11) is 0. The highest BCUT2D eigenvalue weighted by Gasteiger charge is 2.36. The fraction of sp³-hybridized carbons (Fsp3) is 0.333. The van der Waals surface area contributed by atoms with Gasteiger partial charge in [0.1, 0.15) is 6.54 Å². The molecular weight excluding hydrogens is 424 g/mol. The van der Waals surface area contributed by atoms with Crippen molar-refractivity contribution in [1.29, 1.82) is 0 Å². The van der Waals surface area contributed by atoms with E-state index < -0.39 is 16.5 Å². The zero-order valence-electron chi connectivity index (χ0n) is 18.8. The van der Waals surface area contributed by atoms with Crippen molar-refractivity contribution in [2.75, 3.05) is 13.1 Å². The van der Waals surface area contributed by atoms with Crippen LogP contribution < -0.4 is 0 Å². The first kappa shape index (κ1) is 22.3. The van der Waals surface area contributed by atoms with Crippen LogP contribution >= 0.6 is 0 Å². The van der Waals surface area contributed by atoms with Crippen molar-refractivity contribution in [3.8, 4) is 0 Å². The van der Waals surface area contributed by atoms with E-state index in [1.165, 1.54) is 23.3 Å². The first-order valence-corrected chi connectivity index (χ1v) is 10.7. The molecule has 0 fully saturated rings. The molecular formula is C24H26N4O5. The average Bonchev–Trinajstić information content (AvgIpc) is 3.47. The van der Waals surface area contributed by atoms with Gasteiger partial charge in [-0.3, -0.25) is 19.7 Å². The Morgan fingerprint density at radius 3 is 2.45 bits per heavy atom. The minimum absolute atomic E-state index is 0.00855. The molecule has 3 heterocycles. The van der Waals surface area contributed by atoms with Gasteiger partial charge in [-0.2, -0.15) is 0 Å². The highest BCUT2D eigenvalue weighted by atomic mass is 16.6. The van der Waals surface area contributed by atoms with Gasteiger partial charge in [-0.25, -0.2) is 0 Å². The number of amides is 2. The summed E-state index contributed by atoms with van der Waals surface area (Å²) >= 11 is 0. The summed E-state index contributed by atoms with van der Waals surface area (Å²) in [5.74, 6) is -0.383. The number of nitro benzene ring substituents is 1. The molecule has 0 N–H and O–H groups in total. The lowest BCUT2D eigenvalue weighted by Crippen LogP contribution is -2.53. The molecule has 9 heteroatoms. The molecule has 1 aromatic carbocycles. The number of hydrogen-bond donors (Lipinski definition) is 0. The minimum atomic E-state index is -0.613. The molecule has 0 bridgehead atoms. The number of fused-ring (bicyclic) bond motifs is 1. The van der Waals surface area contributed by atoms with Crippen molar-refractivity contribution in [3.05, 3.63) is 88.1 Å². The summed E-state index contributed by atoms with van der Waals surface area (Å²) in [6, 6.07) is 12.9. The Morgan fingerprint density at radius 1 is 1.12 bits per heavy atom. The topological polar surface area (TPSA) is 102 Å². The molecule has 1 unspecified atom stereocenters. The maximum absolute atomic E-state index is 13.6. The van der Waals surface area contributed by atoms with Crippen LogP contribution in [0.25, 0.3) is 0 Å². The smallest absolute Gasteiger partial charge is 0.290 e. The van der Waals surface area contributed by atoms with Crippen LogP contribution in [0.15, 0.2) is 65.4 Å². The number of rotatable bonds is 5. The number of aromatic nitrogens is 1. The highest BCUT2D eigenvalue weighted by Crippen LogP contribution is 2.34. The van der Waals surface area contributed by atoms with Gasteiger partial charge in [0.2, 0.25) is 5.91 Å². The predicted octanol–water partition coefficient (Wildman–Crippen LogP) is 3.86. The third kappa shape index (κ3) is 4.39. The zero-order valence-corrected chi connectivity index (χ0v) is 18.8.